The Bertz CT molecular complexity index is 587. The van der Waals surface area contributed by atoms with E-state index in [9.17, 15) is 9.59 Å². The van der Waals surface area contributed by atoms with Crippen LogP contribution in [0.5, 0.6) is 0 Å². The molecule has 118 valence electrons. The van der Waals surface area contributed by atoms with E-state index in [4.69, 9.17) is 4.74 Å². The smallest absolute Gasteiger partial charge is 0.246 e. The number of hydrogen-bond acceptors (Lipinski definition) is 3. The van der Waals surface area contributed by atoms with Crippen LogP contribution >= 0.6 is 0 Å². The molecule has 5 nitrogen and oxygen atoms in total. The Labute approximate surface area is 130 Å². The molecule has 0 spiro atoms. The molecule has 2 heterocycles. The summed E-state index contributed by atoms with van der Waals surface area (Å²) in [5.74, 6) is 0.0290. The first-order chi connectivity index (χ1) is 10.6. The molecule has 2 aliphatic heterocycles. The first-order valence-electron chi connectivity index (χ1n) is 7.75. The van der Waals surface area contributed by atoms with Gasteiger partial charge in [-0.05, 0) is 30.4 Å². The molecule has 0 aromatic heterocycles. The fourth-order valence-corrected chi connectivity index (χ4v) is 3.93. The lowest BCUT2D eigenvalue weighted by molar-refractivity contribution is -0.138. The van der Waals surface area contributed by atoms with E-state index in [1.807, 2.05) is 11.0 Å². The third kappa shape index (κ3) is 2.73. The van der Waals surface area contributed by atoms with E-state index in [0.717, 1.165) is 19.3 Å². The zero-order valence-electron chi connectivity index (χ0n) is 13.0. The minimum Gasteiger partial charge on any atom is -0.375 e. The van der Waals surface area contributed by atoms with Crippen LogP contribution in [0.1, 0.15) is 36.9 Å². The third-order valence-corrected chi connectivity index (χ3v) is 4.67. The highest BCUT2D eigenvalue weighted by atomic mass is 16.5. The maximum atomic E-state index is 12.1. The van der Waals surface area contributed by atoms with Crippen LogP contribution in [0.3, 0.4) is 0 Å². The van der Waals surface area contributed by atoms with Crippen molar-refractivity contribution < 1.29 is 14.3 Å². The molecule has 3 rings (SSSR count). The Balaban J connectivity index is 1.84. The Morgan fingerprint density at radius 2 is 2.09 bits per heavy atom. The summed E-state index contributed by atoms with van der Waals surface area (Å²) >= 11 is 0. The van der Waals surface area contributed by atoms with Crippen LogP contribution in [0.25, 0.3) is 0 Å². The predicted octanol–water partition coefficient (Wildman–Crippen LogP) is 1.43. The topological polar surface area (TPSA) is 58.6 Å². The van der Waals surface area contributed by atoms with Crippen molar-refractivity contribution in [1.82, 2.24) is 10.2 Å². The number of carbonyl (C=O) groups excluding carboxylic acids is 2. The van der Waals surface area contributed by atoms with Crippen LogP contribution in [0, 0.1) is 0 Å². The fourth-order valence-electron chi connectivity index (χ4n) is 3.93. The third-order valence-electron chi connectivity index (χ3n) is 4.67. The second kappa shape index (κ2) is 6.08. The maximum absolute atomic E-state index is 12.1. The average molecular weight is 302 g/mol. The summed E-state index contributed by atoms with van der Waals surface area (Å²) in [6.07, 6.45) is 2.44. The Morgan fingerprint density at radius 3 is 2.82 bits per heavy atom. The lowest BCUT2D eigenvalue weighted by Crippen LogP contribution is -2.56. The van der Waals surface area contributed by atoms with Crippen LogP contribution < -0.4 is 5.32 Å². The number of nitrogens with zero attached hydrogens (tertiary/aromatic N) is 1. The Hall–Kier alpha value is -1.88. The average Bonchev–Trinajstić information content (AvgIpc) is 2.46. The summed E-state index contributed by atoms with van der Waals surface area (Å²) in [6, 6.07) is 8.65. The SMILES string of the molecule is COCC(=O)N[C@H]1C[C@H]2Cc3ccccc3[C@@H](C1)N2C(C)=O. The molecule has 1 N–H and O–H groups in total. The van der Waals surface area contributed by atoms with Gasteiger partial charge in [-0.2, -0.15) is 0 Å². The van der Waals surface area contributed by atoms with Gasteiger partial charge in [0, 0.05) is 26.1 Å². The number of carbonyl (C=O) groups is 2. The van der Waals surface area contributed by atoms with E-state index in [2.05, 4.69) is 23.5 Å². The zero-order valence-corrected chi connectivity index (χ0v) is 13.0. The highest BCUT2D eigenvalue weighted by molar-refractivity contribution is 5.78. The molecule has 0 radical (unpaired) electrons. The number of benzene rings is 1. The predicted molar refractivity (Wildman–Crippen MR) is 82.2 cm³/mol. The minimum absolute atomic E-state index is 0.0639. The van der Waals surface area contributed by atoms with Gasteiger partial charge in [-0.15, -0.1) is 0 Å². The van der Waals surface area contributed by atoms with Gasteiger partial charge in [-0.3, -0.25) is 9.59 Å². The number of piperidine rings is 1. The number of amides is 2. The molecule has 1 saturated heterocycles. The molecule has 1 fully saturated rings. The quantitative estimate of drug-likeness (QED) is 0.919. The highest BCUT2D eigenvalue weighted by Gasteiger charge is 2.42. The number of fused-ring (bicyclic) bond motifs is 4. The Morgan fingerprint density at radius 1 is 1.32 bits per heavy atom. The van der Waals surface area contributed by atoms with Crippen LogP contribution in [-0.2, 0) is 20.7 Å². The standard InChI is InChI=1S/C17H22N2O3/c1-11(20)19-14-7-12-5-3-4-6-15(12)16(19)9-13(8-14)18-17(21)10-22-2/h3-6,13-14,16H,7-10H2,1-2H3,(H,18,21)/t13-,14+,16+/m0/s1. The maximum Gasteiger partial charge on any atom is 0.246 e. The van der Waals surface area contributed by atoms with Crippen molar-refractivity contribution >= 4 is 11.8 Å². The van der Waals surface area contributed by atoms with Gasteiger partial charge in [-0.25, -0.2) is 0 Å². The van der Waals surface area contributed by atoms with E-state index >= 15 is 0 Å². The van der Waals surface area contributed by atoms with Crippen LogP contribution in [-0.4, -0.2) is 42.5 Å². The molecule has 1 aromatic carbocycles. The number of ether oxygens (including phenoxy) is 1. The van der Waals surface area contributed by atoms with Crippen molar-refractivity contribution in [3.8, 4) is 0 Å². The lowest BCUT2D eigenvalue weighted by atomic mass is 9.78. The van der Waals surface area contributed by atoms with Crippen molar-refractivity contribution in [3.05, 3.63) is 35.4 Å². The molecule has 3 atom stereocenters. The van der Waals surface area contributed by atoms with Crippen molar-refractivity contribution in [2.24, 2.45) is 0 Å². The number of nitrogens with one attached hydrogen (secondary N) is 1. The van der Waals surface area contributed by atoms with Crippen molar-refractivity contribution in [2.45, 2.75) is 44.3 Å². The summed E-state index contributed by atoms with van der Waals surface area (Å²) in [5.41, 5.74) is 2.55. The van der Waals surface area contributed by atoms with Gasteiger partial charge >= 0.3 is 0 Å². The van der Waals surface area contributed by atoms with Gasteiger partial charge in [0.1, 0.15) is 6.61 Å². The van der Waals surface area contributed by atoms with Crippen LogP contribution in [0.4, 0.5) is 0 Å². The number of hydrogen-bond donors (Lipinski definition) is 1. The second-order valence-corrected chi connectivity index (χ2v) is 6.17. The van der Waals surface area contributed by atoms with Crippen LogP contribution in [0.15, 0.2) is 24.3 Å². The van der Waals surface area contributed by atoms with Crippen molar-refractivity contribution in [3.63, 3.8) is 0 Å². The monoisotopic (exact) mass is 302 g/mol. The van der Waals surface area contributed by atoms with Crippen molar-refractivity contribution in [1.29, 1.82) is 0 Å². The van der Waals surface area contributed by atoms with Crippen molar-refractivity contribution in [2.75, 3.05) is 13.7 Å². The molecule has 5 heteroatoms. The molecule has 1 aromatic rings. The molecule has 0 unspecified atom stereocenters. The van der Waals surface area contributed by atoms with E-state index in [1.54, 1.807) is 6.92 Å². The molecular formula is C17H22N2O3. The van der Waals surface area contributed by atoms with Gasteiger partial charge < -0.3 is 15.0 Å². The molecule has 2 amide bonds. The molecule has 2 aliphatic rings. The van der Waals surface area contributed by atoms with Gasteiger partial charge in [-0.1, -0.05) is 24.3 Å². The van der Waals surface area contributed by atoms with Crippen LogP contribution in [0.2, 0.25) is 0 Å². The largest absolute Gasteiger partial charge is 0.375 e. The van der Waals surface area contributed by atoms with E-state index in [-0.39, 0.29) is 36.5 Å². The number of rotatable bonds is 3. The molecule has 2 bridgehead atoms. The summed E-state index contributed by atoms with van der Waals surface area (Å²) in [6.45, 7) is 1.72. The lowest BCUT2D eigenvalue weighted by Gasteiger charge is -2.49. The van der Waals surface area contributed by atoms with Gasteiger partial charge in [0.15, 0.2) is 0 Å². The summed E-state index contributed by atoms with van der Waals surface area (Å²) in [4.78, 5) is 25.8. The number of methoxy groups -OCH3 is 1. The first kappa shape index (κ1) is 15.0. The van der Waals surface area contributed by atoms with Gasteiger partial charge in [0.05, 0.1) is 6.04 Å². The summed E-state index contributed by atoms with van der Waals surface area (Å²) in [7, 11) is 1.52. The summed E-state index contributed by atoms with van der Waals surface area (Å²) < 4.78 is 4.88. The second-order valence-electron chi connectivity index (χ2n) is 6.17. The van der Waals surface area contributed by atoms with Gasteiger partial charge in [0.25, 0.3) is 0 Å². The fraction of sp³-hybridized carbons (Fsp3) is 0.529. The van der Waals surface area contributed by atoms with E-state index in [1.165, 1.54) is 18.2 Å². The van der Waals surface area contributed by atoms with Gasteiger partial charge in [0.2, 0.25) is 11.8 Å². The first-order valence-corrected chi connectivity index (χ1v) is 7.75. The highest BCUT2D eigenvalue weighted by Crippen LogP contribution is 2.41. The summed E-state index contributed by atoms with van der Waals surface area (Å²) in [5, 5.41) is 3.04. The molecule has 22 heavy (non-hydrogen) atoms. The van der Waals surface area contributed by atoms with E-state index < -0.39 is 0 Å². The zero-order chi connectivity index (χ0) is 15.7. The minimum atomic E-state index is -0.0878. The Kier molecular flexibility index (Phi) is 4.16. The molecule has 0 aliphatic carbocycles. The molecule has 0 saturated carbocycles. The van der Waals surface area contributed by atoms with E-state index in [0.29, 0.717) is 0 Å². The molecular weight excluding hydrogens is 280 g/mol. The normalized spacial score (nSPS) is 26.3.